The van der Waals surface area contributed by atoms with E-state index >= 15 is 0 Å². The molecule has 1 N–H and O–H groups in total. The molecule has 2 rings (SSSR count). The van der Waals surface area contributed by atoms with Gasteiger partial charge in [0.05, 0.1) is 12.2 Å². The average Bonchev–Trinajstić information content (AvgIpc) is 3.17. The number of hydrogen-bond acceptors (Lipinski definition) is 2. The summed E-state index contributed by atoms with van der Waals surface area (Å²) in [4.78, 5) is 0. The molecule has 1 aromatic rings. The quantitative estimate of drug-likeness (QED) is 0.638. The Hall–Kier alpha value is -1.53. The zero-order valence-corrected chi connectivity index (χ0v) is 10.6. The number of rotatable bonds is 5. The van der Waals surface area contributed by atoms with Crippen LogP contribution in [0.5, 0.6) is 5.75 Å². The molecule has 0 aromatic heterocycles. The number of benzene rings is 1. The third kappa shape index (κ3) is 4.05. The maximum atomic E-state index is 13.2. The van der Waals surface area contributed by atoms with E-state index in [0.29, 0.717) is 17.2 Å². The van der Waals surface area contributed by atoms with E-state index in [-0.39, 0.29) is 5.82 Å². The molecule has 1 fully saturated rings. The molecule has 1 aromatic carbocycles. The Labute approximate surface area is 108 Å². The maximum absolute atomic E-state index is 13.2. The lowest BCUT2D eigenvalue weighted by molar-refractivity contribution is 0.298. The number of ether oxygens (including phenoxy) is 1. The Morgan fingerprint density at radius 2 is 2.28 bits per heavy atom. The molecule has 0 heterocycles. The van der Waals surface area contributed by atoms with Crippen LogP contribution in [0.25, 0.3) is 0 Å². The largest absolute Gasteiger partial charge is 0.492 e. The smallest absolute Gasteiger partial charge is 0.135 e. The molecule has 1 aliphatic carbocycles. The van der Waals surface area contributed by atoms with E-state index < -0.39 is 0 Å². The van der Waals surface area contributed by atoms with E-state index in [1.54, 1.807) is 6.07 Å². The van der Waals surface area contributed by atoms with Crippen LogP contribution in [-0.4, -0.2) is 20.2 Å². The fourth-order valence-electron chi connectivity index (χ4n) is 1.56. The van der Waals surface area contributed by atoms with Gasteiger partial charge in [0, 0.05) is 13.0 Å². The van der Waals surface area contributed by atoms with Crippen molar-refractivity contribution in [2.24, 2.45) is 5.92 Å². The second-order valence-corrected chi connectivity index (χ2v) is 4.55. The van der Waals surface area contributed by atoms with Crippen LogP contribution in [0, 0.1) is 23.6 Å². The molecule has 0 aliphatic heterocycles. The van der Waals surface area contributed by atoms with Crippen LogP contribution in [-0.2, 0) is 0 Å². The second kappa shape index (κ2) is 6.42. The lowest BCUT2D eigenvalue weighted by Gasteiger charge is -2.07. The SMILES string of the molecule is CNCCC#Cc1cc(F)ccc1OCC1CC1. The normalized spacial score (nSPS) is 13.9. The van der Waals surface area contributed by atoms with Gasteiger partial charge >= 0.3 is 0 Å². The molecule has 0 saturated heterocycles. The average molecular weight is 247 g/mol. The summed E-state index contributed by atoms with van der Waals surface area (Å²) in [6, 6.07) is 4.52. The van der Waals surface area contributed by atoms with Crippen LogP contribution in [0.15, 0.2) is 18.2 Å². The van der Waals surface area contributed by atoms with E-state index in [1.807, 2.05) is 7.05 Å². The standard InChI is InChI=1S/C15H18FNO/c1-17-9-3-2-4-13-10-14(16)7-8-15(13)18-11-12-5-6-12/h7-8,10,12,17H,3,5-6,9,11H2,1H3. The summed E-state index contributed by atoms with van der Waals surface area (Å²) in [5.74, 6) is 7.10. The Kier molecular flexibility index (Phi) is 4.60. The molecule has 2 nitrogen and oxygen atoms in total. The first-order chi connectivity index (χ1) is 8.79. The van der Waals surface area contributed by atoms with Crippen molar-refractivity contribution >= 4 is 0 Å². The monoisotopic (exact) mass is 247 g/mol. The van der Waals surface area contributed by atoms with Gasteiger partial charge in [-0.2, -0.15) is 0 Å². The lowest BCUT2D eigenvalue weighted by Crippen LogP contribution is -2.06. The van der Waals surface area contributed by atoms with Crippen LogP contribution in [0.1, 0.15) is 24.8 Å². The van der Waals surface area contributed by atoms with Gasteiger partial charge in [-0.25, -0.2) is 4.39 Å². The van der Waals surface area contributed by atoms with E-state index in [0.717, 1.165) is 19.6 Å². The molecule has 3 heteroatoms. The lowest BCUT2D eigenvalue weighted by atomic mass is 10.2. The molecule has 0 amide bonds. The molecule has 0 spiro atoms. The highest BCUT2D eigenvalue weighted by Crippen LogP contribution is 2.30. The minimum absolute atomic E-state index is 0.272. The summed E-state index contributed by atoms with van der Waals surface area (Å²) < 4.78 is 18.9. The van der Waals surface area contributed by atoms with E-state index in [2.05, 4.69) is 17.2 Å². The van der Waals surface area contributed by atoms with E-state index in [4.69, 9.17) is 4.74 Å². The Balaban J connectivity index is 2.03. The first kappa shape index (κ1) is 12.9. The topological polar surface area (TPSA) is 21.3 Å². The van der Waals surface area contributed by atoms with Crippen molar-refractivity contribution in [3.8, 4) is 17.6 Å². The van der Waals surface area contributed by atoms with Crippen LogP contribution >= 0.6 is 0 Å². The van der Waals surface area contributed by atoms with Gasteiger partial charge in [0.1, 0.15) is 11.6 Å². The predicted molar refractivity (Wildman–Crippen MR) is 70.0 cm³/mol. The molecule has 0 bridgehead atoms. The highest BCUT2D eigenvalue weighted by Gasteiger charge is 2.22. The first-order valence-electron chi connectivity index (χ1n) is 6.35. The van der Waals surface area contributed by atoms with E-state index in [1.165, 1.54) is 25.0 Å². The Bertz CT molecular complexity index is 457. The number of nitrogens with one attached hydrogen (secondary N) is 1. The molecule has 96 valence electrons. The van der Waals surface area contributed by atoms with Crippen LogP contribution in [0.4, 0.5) is 4.39 Å². The Morgan fingerprint density at radius 3 is 3.00 bits per heavy atom. The summed E-state index contributed by atoms with van der Waals surface area (Å²) in [6.45, 7) is 1.55. The van der Waals surface area contributed by atoms with Gasteiger partial charge in [-0.05, 0) is 44.0 Å². The third-order valence-electron chi connectivity index (χ3n) is 2.84. The van der Waals surface area contributed by atoms with E-state index in [9.17, 15) is 4.39 Å². The first-order valence-corrected chi connectivity index (χ1v) is 6.35. The van der Waals surface area contributed by atoms with Gasteiger partial charge in [0.15, 0.2) is 0 Å². The third-order valence-corrected chi connectivity index (χ3v) is 2.84. The van der Waals surface area contributed by atoms with Crippen molar-refractivity contribution in [1.29, 1.82) is 0 Å². The summed E-state index contributed by atoms with van der Waals surface area (Å²) >= 11 is 0. The fraction of sp³-hybridized carbons (Fsp3) is 0.467. The van der Waals surface area contributed by atoms with Gasteiger partial charge in [-0.15, -0.1) is 0 Å². The highest BCUT2D eigenvalue weighted by molar-refractivity contribution is 5.46. The molecule has 0 radical (unpaired) electrons. The Morgan fingerprint density at radius 1 is 1.44 bits per heavy atom. The van der Waals surface area contributed by atoms with Crippen molar-refractivity contribution in [2.75, 3.05) is 20.2 Å². The summed E-state index contributed by atoms with van der Waals surface area (Å²) in [5.41, 5.74) is 0.645. The summed E-state index contributed by atoms with van der Waals surface area (Å²) in [6.07, 6.45) is 3.23. The van der Waals surface area contributed by atoms with Crippen molar-refractivity contribution in [3.63, 3.8) is 0 Å². The second-order valence-electron chi connectivity index (χ2n) is 4.55. The number of halogens is 1. The van der Waals surface area contributed by atoms with Crippen LogP contribution in [0.2, 0.25) is 0 Å². The summed E-state index contributed by atoms with van der Waals surface area (Å²) in [7, 11) is 1.88. The molecule has 0 unspecified atom stereocenters. The highest BCUT2D eigenvalue weighted by atomic mass is 19.1. The zero-order valence-electron chi connectivity index (χ0n) is 10.6. The molecule has 1 aliphatic rings. The molecule has 0 atom stereocenters. The van der Waals surface area contributed by atoms with Gasteiger partial charge in [0.25, 0.3) is 0 Å². The van der Waals surface area contributed by atoms with Crippen molar-refractivity contribution in [1.82, 2.24) is 5.32 Å². The number of hydrogen-bond donors (Lipinski definition) is 1. The maximum Gasteiger partial charge on any atom is 0.135 e. The molecule has 1 saturated carbocycles. The molecular formula is C15H18FNO. The van der Waals surface area contributed by atoms with Crippen LogP contribution < -0.4 is 10.1 Å². The van der Waals surface area contributed by atoms with Gasteiger partial charge in [-0.3, -0.25) is 0 Å². The van der Waals surface area contributed by atoms with Gasteiger partial charge in [0.2, 0.25) is 0 Å². The molecule has 18 heavy (non-hydrogen) atoms. The summed E-state index contributed by atoms with van der Waals surface area (Å²) in [5, 5.41) is 3.02. The van der Waals surface area contributed by atoms with Crippen molar-refractivity contribution in [2.45, 2.75) is 19.3 Å². The van der Waals surface area contributed by atoms with Gasteiger partial charge < -0.3 is 10.1 Å². The minimum atomic E-state index is -0.272. The van der Waals surface area contributed by atoms with Crippen molar-refractivity contribution < 1.29 is 9.13 Å². The fourth-order valence-corrected chi connectivity index (χ4v) is 1.56. The zero-order chi connectivity index (χ0) is 12.8. The van der Waals surface area contributed by atoms with Crippen LogP contribution in [0.3, 0.4) is 0 Å². The minimum Gasteiger partial charge on any atom is -0.492 e. The van der Waals surface area contributed by atoms with Crippen molar-refractivity contribution in [3.05, 3.63) is 29.6 Å². The van der Waals surface area contributed by atoms with Gasteiger partial charge in [-0.1, -0.05) is 11.8 Å². The molecular weight excluding hydrogens is 229 g/mol. The predicted octanol–water partition coefficient (Wildman–Crippen LogP) is 2.58.